The monoisotopic (exact) mass is 371 g/mol. The van der Waals surface area contributed by atoms with E-state index in [1.807, 2.05) is 50.2 Å². The van der Waals surface area contributed by atoms with Gasteiger partial charge in [0.15, 0.2) is 0 Å². The fourth-order valence-corrected chi connectivity index (χ4v) is 2.78. The number of hydrogen-bond donors (Lipinski definition) is 1. The van der Waals surface area contributed by atoms with Crippen molar-refractivity contribution in [3.05, 3.63) is 53.6 Å². The van der Waals surface area contributed by atoms with Crippen molar-refractivity contribution in [1.82, 2.24) is 5.32 Å². The van der Waals surface area contributed by atoms with Gasteiger partial charge in [-0.25, -0.2) is 0 Å². The molecule has 0 heterocycles. The number of carbonyl (C=O) groups is 1. The Morgan fingerprint density at radius 3 is 2.37 bits per heavy atom. The molecule has 0 spiro atoms. The summed E-state index contributed by atoms with van der Waals surface area (Å²) in [6.07, 6.45) is 1.99. The van der Waals surface area contributed by atoms with Gasteiger partial charge in [0.2, 0.25) is 0 Å². The van der Waals surface area contributed by atoms with Crippen LogP contribution in [0, 0.1) is 0 Å². The molecule has 0 saturated carbocycles. The van der Waals surface area contributed by atoms with Crippen LogP contribution >= 0.6 is 0 Å². The van der Waals surface area contributed by atoms with Crippen LogP contribution in [0.4, 0.5) is 0 Å². The second-order valence-electron chi connectivity index (χ2n) is 6.38. The van der Waals surface area contributed by atoms with Crippen molar-refractivity contribution in [2.24, 2.45) is 0 Å². The van der Waals surface area contributed by atoms with Crippen LogP contribution in [0.15, 0.2) is 42.5 Å². The number of nitrogens with one attached hydrogen (secondary N) is 1. The molecule has 146 valence electrons. The zero-order chi connectivity index (χ0) is 19.6. The Kier molecular flexibility index (Phi) is 7.99. The molecule has 0 aliphatic rings. The Bertz CT molecular complexity index is 728. The van der Waals surface area contributed by atoms with Gasteiger partial charge in [0.05, 0.1) is 13.7 Å². The number of ether oxygens (including phenoxy) is 3. The molecule has 5 heteroatoms. The van der Waals surface area contributed by atoms with E-state index in [2.05, 4.69) is 12.2 Å². The summed E-state index contributed by atoms with van der Waals surface area (Å²) in [6, 6.07) is 13.0. The highest BCUT2D eigenvalue weighted by molar-refractivity contribution is 5.94. The molecule has 2 aromatic carbocycles. The third kappa shape index (κ3) is 6.20. The quantitative estimate of drug-likeness (QED) is 0.664. The minimum Gasteiger partial charge on any atom is -0.497 e. The Morgan fingerprint density at radius 1 is 1.04 bits per heavy atom. The van der Waals surface area contributed by atoms with Crippen molar-refractivity contribution >= 4 is 5.91 Å². The lowest BCUT2D eigenvalue weighted by atomic mass is 10.1. The third-order valence-corrected chi connectivity index (χ3v) is 4.18. The summed E-state index contributed by atoms with van der Waals surface area (Å²) < 4.78 is 16.7. The molecule has 0 fully saturated rings. The second-order valence-corrected chi connectivity index (χ2v) is 6.38. The summed E-state index contributed by atoms with van der Waals surface area (Å²) in [6.45, 7) is 6.92. The van der Waals surface area contributed by atoms with Gasteiger partial charge in [0, 0.05) is 17.2 Å². The number of rotatable bonds is 10. The highest BCUT2D eigenvalue weighted by Crippen LogP contribution is 2.24. The molecule has 0 aliphatic carbocycles. The maximum absolute atomic E-state index is 12.5. The molecule has 2 rings (SSSR count). The lowest BCUT2D eigenvalue weighted by Gasteiger charge is -2.15. The molecule has 0 aliphatic heterocycles. The van der Waals surface area contributed by atoms with Gasteiger partial charge in [-0.1, -0.05) is 13.3 Å². The van der Waals surface area contributed by atoms with Crippen LogP contribution in [-0.4, -0.2) is 25.7 Å². The van der Waals surface area contributed by atoms with Crippen molar-refractivity contribution in [1.29, 1.82) is 0 Å². The van der Waals surface area contributed by atoms with Crippen LogP contribution < -0.4 is 19.5 Å². The van der Waals surface area contributed by atoms with Crippen LogP contribution in [0.3, 0.4) is 0 Å². The van der Waals surface area contributed by atoms with Gasteiger partial charge in [0.1, 0.15) is 23.9 Å². The Labute approximate surface area is 161 Å². The van der Waals surface area contributed by atoms with Gasteiger partial charge >= 0.3 is 0 Å². The summed E-state index contributed by atoms with van der Waals surface area (Å²) in [7, 11) is 1.63. The number of carbonyl (C=O) groups excluding carboxylic acids is 1. The Balaban J connectivity index is 2.12. The predicted octanol–water partition coefficient (Wildman–Crippen LogP) is 4.59. The maximum atomic E-state index is 12.5. The molecule has 0 saturated heterocycles. The highest BCUT2D eigenvalue weighted by Gasteiger charge is 2.13. The molecule has 5 nitrogen and oxygen atoms in total. The second kappa shape index (κ2) is 10.5. The van der Waals surface area contributed by atoms with Crippen molar-refractivity contribution in [3.63, 3.8) is 0 Å². The van der Waals surface area contributed by atoms with Crippen molar-refractivity contribution in [2.75, 3.05) is 13.7 Å². The molecule has 2 aromatic rings. The van der Waals surface area contributed by atoms with Crippen LogP contribution in [0.5, 0.6) is 17.2 Å². The average Bonchev–Trinajstić information content (AvgIpc) is 2.68. The first-order chi connectivity index (χ1) is 13.1. The van der Waals surface area contributed by atoms with Crippen LogP contribution in [0.25, 0.3) is 0 Å². The molecule has 1 atom stereocenters. The number of hydrogen-bond acceptors (Lipinski definition) is 4. The predicted molar refractivity (Wildman–Crippen MR) is 107 cm³/mol. The standard InChI is InChI=1S/C22H29NO4/c1-5-7-16(3)23-22(24)17-8-13-21(26-6-2)18(14-17)15-27-20-11-9-19(25-4)10-12-20/h8-14,16H,5-7,15H2,1-4H3,(H,23,24). The van der Waals surface area contributed by atoms with E-state index in [0.717, 1.165) is 35.7 Å². The van der Waals surface area contributed by atoms with Crippen molar-refractivity contribution < 1.29 is 19.0 Å². The minimum atomic E-state index is -0.0790. The Morgan fingerprint density at radius 2 is 1.74 bits per heavy atom. The third-order valence-electron chi connectivity index (χ3n) is 4.18. The molecule has 0 bridgehead atoms. The van der Waals surface area contributed by atoms with Gasteiger partial charge in [-0.05, 0) is 62.7 Å². The van der Waals surface area contributed by atoms with E-state index >= 15 is 0 Å². The van der Waals surface area contributed by atoms with Gasteiger partial charge in [-0.3, -0.25) is 4.79 Å². The maximum Gasteiger partial charge on any atom is 0.251 e. The molecular formula is C22H29NO4. The number of amides is 1. The number of methoxy groups -OCH3 is 1. The zero-order valence-electron chi connectivity index (χ0n) is 16.6. The smallest absolute Gasteiger partial charge is 0.251 e. The lowest BCUT2D eigenvalue weighted by molar-refractivity contribution is 0.0938. The van der Waals surface area contributed by atoms with E-state index in [0.29, 0.717) is 18.8 Å². The van der Waals surface area contributed by atoms with Crippen molar-refractivity contribution in [2.45, 2.75) is 46.3 Å². The highest BCUT2D eigenvalue weighted by atomic mass is 16.5. The largest absolute Gasteiger partial charge is 0.497 e. The van der Waals surface area contributed by atoms with Gasteiger partial charge < -0.3 is 19.5 Å². The van der Waals surface area contributed by atoms with E-state index in [9.17, 15) is 4.79 Å². The summed E-state index contributed by atoms with van der Waals surface area (Å²) in [4.78, 5) is 12.5. The van der Waals surface area contributed by atoms with Gasteiger partial charge in [-0.2, -0.15) is 0 Å². The Hall–Kier alpha value is -2.69. The zero-order valence-corrected chi connectivity index (χ0v) is 16.6. The first-order valence-corrected chi connectivity index (χ1v) is 9.40. The molecule has 0 radical (unpaired) electrons. The molecule has 1 N–H and O–H groups in total. The fraction of sp³-hybridized carbons (Fsp3) is 0.409. The lowest BCUT2D eigenvalue weighted by Crippen LogP contribution is -2.32. The fourth-order valence-electron chi connectivity index (χ4n) is 2.78. The molecule has 27 heavy (non-hydrogen) atoms. The summed E-state index contributed by atoms with van der Waals surface area (Å²) in [5.74, 6) is 2.15. The van der Waals surface area contributed by atoms with E-state index < -0.39 is 0 Å². The summed E-state index contributed by atoms with van der Waals surface area (Å²) in [5.41, 5.74) is 1.44. The van der Waals surface area contributed by atoms with E-state index in [-0.39, 0.29) is 11.9 Å². The average molecular weight is 371 g/mol. The van der Waals surface area contributed by atoms with Crippen LogP contribution in [-0.2, 0) is 6.61 Å². The molecule has 1 unspecified atom stereocenters. The first-order valence-electron chi connectivity index (χ1n) is 9.40. The summed E-state index contributed by atoms with van der Waals surface area (Å²) in [5, 5.41) is 3.03. The van der Waals surface area contributed by atoms with E-state index in [4.69, 9.17) is 14.2 Å². The van der Waals surface area contributed by atoms with Gasteiger partial charge in [0.25, 0.3) is 5.91 Å². The van der Waals surface area contributed by atoms with Crippen molar-refractivity contribution in [3.8, 4) is 17.2 Å². The van der Waals surface area contributed by atoms with Crippen LogP contribution in [0.2, 0.25) is 0 Å². The summed E-state index contributed by atoms with van der Waals surface area (Å²) >= 11 is 0. The first kappa shape index (κ1) is 20.6. The SMILES string of the molecule is CCCC(C)NC(=O)c1ccc(OCC)c(COc2ccc(OC)cc2)c1. The van der Waals surface area contributed by atoms with E-state index in [1.165, 1.54) is 0 Å². The van der Waals surface area contributed by atoms with E-state index in [1.54, 1.807) is 13.2 Å². The minimum absolute atomic E-state index is 0.0790. The number of benzene rings is 2. The van der Waals surface area contributed by atoms with Gasteiger partial charge in [-0.15, -0.1) is 0 Å². The molecule has 1 amide bonds. The molecule has 0 aromatic heterocycles. The molecular weight excluding hydrogens is 342 g/mol. The normalized spacial score (nSPS) is 11.6. The van der Waals surface area contributed by atoms with Crippen LogP contribution in [0.1, 0.15) is 49.5 Å². The topological polar surface area (TPSA) is 56.8 Å².